The maximum Gasteiger partial charge on any atom is 0.408 e. The van der Waals surface area contributed by atoms with E-state index in [0.717, 1.165) is 10.6 Å². The zero-order valence-corrected chi connectivity index (χ0v) is 11.5. The van der Waals surface area contributed by atoms with Gasteiger partial charge in [0.15, 0.2) is 0 Å². The number of hydrogen-bond acceptors (Lipinski definition) is 3. The van der Waals surface area contributed by atoms with E-state index in [1.807, 2.05) is 0 Å². The third kappa shape index (κ3) is 2.68. The van der Waals surface area contributed by atoms with Crippen LogP contribution in [0.25, 0.3) is 5.69 Å². The number of hydrogen-bond donors (Lipinski definition) is 0. The average molecular weight is 310 g/mol. The third-order valence-electron chi connectivity index (χ3n) is 3.72. The largest absolute Gasteiger partial charge is 0.408 e. The second-order valence-electron chi connectivity index (χ2n) is 5.11. The van der Waals surface area contributed by atoms with E-state index in [-0.39, 0.29) is 18.5 Å². The van der Waals surface area contributed by atoms with Crippen LogP contribution in [-0.2, 0) is 0 Å². The number of carbonyl (C=O) groups excluding carboxylic acids is 1. The lowest BCUT2D eigenvalue weighted by atomic mass is 10.1. The normalized spacial score (nSPS) is 18.7. The van der Waals surface area contributed by atoms with Gasteiger partial charge in [-0.15, -0.1) is 10.2 Å². The molecular weight excluding hydrogens is 297 g/mol. The van der Waals surface area contributed by atoms with Crippen molar-refractivity contribution in [1.29, 1.82) is 0 Å². The van der Waals surface area contributed by atoms with E-state index in [4.69, 9.17) is 0 Å². The molecule has 0 unspecified atom stereocenters. The Hall–Kier alpha value is -2.38. The highest BCUT2D eigenvalue weighted by molar-refractivity contribution is 5.94. The number of halogens is 3. The molecule has 0 bridgehead atoms. The standard InChI is InChI=1S/C14H13F3N4O/c15-14(16,17)12-2-1-7-21(12)13(22)10-3-5-11(6-4-10)20-8-18-19-9-20/h3-6,8-9,12H,1-2,7H2/t12-/m1/s1. The minimum Gasteiger partial charge on any atom is -0.327 e. The summed E-state index contributed by atoms with van der Waals surface area (Å²) in [4.78, 5) is 13.2. The fourth-order valence-electron chi connectivity index (χ4n) is 2.63. The molecule has 1 aliphatic rings. The van der Waals surface area contributed by atoms with Crippen molar-refractivity contribution in [1.82, 2.24) is 19.7 Å². The van der Waals surface area contributed by atoms with E-state index in [1.165, 1.54) is 24.8 Å². The molecule has 22 heavy (non-hydrogen) atoms. The zero-order valence-electron chi connectivity index (χ0n) is 11.5. The molecule has 2 aromatic rings. The Morgan fingerprint density at radius 1 is 1.14 bits per heavy atom. The molecule has 0 spiro atoms. The maximum atomic E-state index is 12.9. The summed E-state index contributed by atoms with van der Waals surface area (Å²) in [6, 6.07) is 4.65. The van der Waals surface area contributed by atoms with Gasteiger partial charge < -0.3 is 4.90 Å². The minimum absolute atomic E-state index is 0.0337. The van der Waals surface area contributed by atoms with Gasteiger partial charge in [0, 0.05) is 17.8 Å². The Balaban J connectivity index is 1.80. The van der Waals surface area contributed by atoms with Crippen LogP contribution < -0.4 is 0 Å². The number of alkyl halides is 3. The van der Waals surface area contributed by atoms with Crippen molar-refractivity contribution in [2.75, 3.05) is 6.54 Å². The van der Waals surface area contributed by atoms with Crippen molar-refractivity contribution < 1.29 is 18.0 Å². The molecule has 3 rings (SSSR count). The number of likely N-dealkylation sites (tertiary alicyclic amines) is 1. The van der Waals surface area contributed by atoms with Crippen LogP contribution in [-0.4, -0.2) is 44.3 Å². The van der Waals surface area contributed by atoms with E-state index in [0.29, 0.717) is 6.42 Å². The molecule has 2 heterocycles. The maximum absolute atomic E-state index is 12.9. The summed E-state index contributed by atoms with van der Waals surface area (Å²) in [5.74, 6) is -0.588. The van der Waals surface area contributed by atoms with Gasteiger partial charge in [-0.05, 0) is 37.1 Å². The van der Waals surface area contributed by atoms with E-state index < -0.39 is 18.1 Å². The summed E-state index contributed by atoms with van der Waals surface area (Å²) in [6.07, 6.45) is -1.05. The number of aromatic nitrogens is 3. The average Bonchev–Trinajstić information content (AvgIpc) is 3.17. The lowest BCUT2D eigenvalue weighted by molar-refractivity contribution is -0.169. The molecule has 1 aromatic heterocycles. The number of nitrogens with zero attached hydrogens (tertiary/aromatic N) is 4. The molecule has 116 valence electrons. The van der Waals surface area contributed by atoms with E-state index in [2.05, 4.69) is 10.2 Å². The van der Waals surface area contributed by atoms with E-state index in [1.54, 1.807) is 16.7 Å². The predicted molar refractivity (Wildman–Crippen MR) is 71.5 cm³/mol. The molecule has 0 radical (unpaired) electrons. The van der Waals surface area contributed by atoms with Gasteiger partial charge in [0.1, 0.15) is 18.7 Å². The van der Waals surface area contributed by atoms with Crippen molar-refractivity contribution in [3.63, 3.8) is 0 Å². The summed E-state index contributed by atoms with van der Waals surface area (Å²) < 4.78 is 40.4. The molecule has 1 atom stereocenters. The lowest BCUT2D eigenvalue weighted by Gasteiger charge is -2.26. The van der Waals surface area contributed by atoms with Crippen molar-refractivity contribution in [2.24, 2.45) is 0 Å². The van der Waals surface area contributed by atoms with Crippen molar-refractivity contribution >= 4 is 5.91 Å². The predicted octanol–water partition coefficient (Wildman–Crippen LogP) is 2.43. The van der Waals surface area contributed by atoms with Gasteiger partial charge in [-0.3, -0.25) is 9.36 Å². The van der Waals surface area contributed by atoms with Gasteiger partial charge in [0.25, 0.3) is 5.91 Å². The van der Waals surface area contributed by atoms with Crippen molar-refractivity contribution in [3.8, 4) is 5.69 Å². The summed E-state index contributed by atoms with van der Waals surface area (Å²) in [7, 11) is 0. The molecule has 0 saturated carbocycles. The van der Waals surface area contributed by atoms with E-state index >= 15 is 0 Å². The molecule has 0 N–H and O–H groups in total. The number of benzene rings is 1. The Morgan fingerprint density at radius 2 is 1.77 bits per heavy atom. The second kappa shape index (κ2) is 5.43. The first kappa shape index (κ1) is 14.6. The Bertz CT molecular complexity index is 652. The first-order valence-electron chi connectivity index (χ1n) is 6.79. The third-order valence-corrected chi connectivity index (χ3v) is 3.72. The van der Waals surface area contributed by atoms with Crippen molar-refractivity contribution in [3.05, 3.63) is 42.5 Å². The molecule has 5 nitrogen and oxygen atoms in total. The second-order valence-corrected chi connectivity index (χ2v) is 5.11. The number of rotatable bonds is 2. The van der Waals surface area contributed by atoms with Crippen molar-refractivity contribution in [2.45, 2.75) is 25.1 Å². The Kier molecular flexibility index (Phi) is 3.59. The van der Waals surface area contributed by atoms with Crippen LogP contribution in [0.3, 0.4) is 0 Å². The topological polar surface area (TPSA) is 51.0 Å². The van der Waals surface area contributed by atoms with Gasteiger partial charge in [0.2, 0.25) is 0 Å². The molecule has 8 heteroatoms. The fourth-order valence-corrected chi connectivity index (χ4v) is 2.63. The monoisotopic (exact) mass is 310 g/mol. The SMILES string of the molecule is O=C(c1ccc(-n2cnnc2)cc1)N1CCC[C@@H]1C(F)(F)F. The quantitative estimate of drug-likeness (QED) is 0.856. The smallest absolute Gasteiger partial charge is 0.327 e. The summed E-state index contributed by atoms with van der Waals surface area (Å²) in [5.41, 5.74) is 0.975. The fraction of sp³-hybridized carbons (Fsp3) is 0.357. The highest BCUT2D eigenvalue weighted by Gasteiger charge is 2.47. The van der Waals surface area contributed by atoms with Crippen LogP contribution in [0.15, 0.2) is 36.9 Å². The Morgan fingerprint density at radius 3 is 2.36 bits per heavy atom. The van der Waals surface area contributed by atoms with Gasteiger partial charge in [-0.2, -0.15) is 13.2 Å². The highest BCUT2D eigenvalue weighted by atomic mass is 19.4. The van der Waals surface area contributed by atoms with Crippen LogP contribution in [0.5, 0.6) is 0 Å². The van der Waals surface area contributed by atoms with Crippen LogP contribution in [0.2, 0.25) is 0 Å². The highest BCUT2D eigenvalue weighted by Crippen LogP contribution is 2.33. The lowest BCUT2D eigenvalue weighted by Crippen LogP contribution is -2.44. The molecule has 1 saturated heterocycles. The Labute approximate surface area is 124 Å². The molecule has 1 fully saturated rings. The first-order chi connectivity index (χ1) is 10.5. The van der Waals surface area contributed by atoms with Crippen LogP contribution in [0.1, 0.15) is 23.2 Å². The van der Waals surface area contributed by atoms with Gasteiger partial charge in [0.05, 0.1) is 0 Å². The zero-order chi connectivity index (χ0) is 15.7. The number of amides is 1. The summed E-state index contributed by atoms with van der Waals surface area (Å²) in [5, 5.41) is 7.34. The van der Waals surface area contributed by atoms with Crippen LogP contribution in [0.4, 0.5) is 13.2 Å². The molecule has 0 aliphatic carbocycles. The van der Waals surface area contributed by atoms with Crippen LogP contribution in [0, 0.1) is 0 Å². The molecule has 1 aromatic carbocycles. The molecule has 1 aliphatic heterocycles. The first-order valence-corrected chi connectivity index (χ1v) is 6.79. The summed E-state index contributed by atoms with van der Waals surface area (Å²) >= 11 is 0. The van der Waals surface area contributed by atoms with E-state index in [9.17, 15) is 18.0 Å². The van der Waals surface area contributed by atoms with Gasteiger partial charge >= 0.3 is 6.18 Å². The van der Waals surface area contributed by atoms with Gasteiger partial charge in [-0.1, -0.05) is 0 Å². The molecular formula is C14H13F3N4O. The molecule has 1 amide bonds. The summed E-state index contributed by atoms with van der Waals surface area (Å²) in [6.45, 7) is 0.135. The van der Waals surface area contributed by atoms with Gasteiger partial charge in [-0.25, -0.2) is 0 Å². The van der Waals surface area contributed by atoms with Crippen LogP contribution >= 0.6 is 0 Å². The number of carbonyl (C=O) groups is 1. The minimum atomic E-state index is -4.38.